The second-order valence-electron chi connectivity index (χ2n) is 6.02. The van der Waals surface area contributed by atoms with E-state index in [1.807, 2.05) is 25.1 Å². The maximum atomic E-state index is 12.2. The normalized spacial score (nSPS) is 26.3. The number of aliphatic hydroxyl groups is 1. The van der Waals surface area contributed by atoms with Crippen LogP contribution in [0.25, 0.3) is 0 Å². The molecule has 3 nitrogen and oxygen atoms in total. The lowest BCUT2D eigenvalue weighted by atomic mass is 9.79. The summed E-state index contributed by atoms with van der Waals surface area (Å²) in [6, 6.07) is 5.58. The zero-order valence-corrected chi connectivity index (χ0v) is 13.7. The first-order valence-electron chi connectivity index (χ1n) is 7.17. The highest BCUT2D eigenvalue weighted by Gasteiger charge is 2.33. The van der Waals surface area contributed by atoms with Gasteiger partial charge in [-0.15, -0.1) is 0 Å². The molecule has 2 unspecified atom stereocenters. The summed E-state index contributed by atoms with van der Waals surface area (Å²) in [4.78, 5) is 12.2. The van der Waals surface area contributed by atoms with Crippen LogP contribution in [0.5, 0.6) is 0 Å². The number of nitrogens with one attached hydrogen (secondary N) is 1. The van der Waals surface area contributed by atoms with Crippen LogP contribution in [0.2, 0.25) is 0 Å². The molecule has 20 heavy (non-hydrogen) atoms. The van der Waals surface area contributed by atoms with Crippen molar-refractivity contribution in [1.29, 1.82) is 0 Å². The van der Waals surface area contributed by atoms with Crippen molar-refractivity contribution in [3.63, 3.8) is 0 Å². The van der Waals surface area contributed by atoms with Crippen LogP contribution in [0.4, 0.5) is 0 Å². The molecule has 110 valence electrons. The van der Waals surface area contributed by atoms with Crippen molar-refractivity contribution in [2.75, 3.05) is 6.54 Å². The molecule has 1 aliphatic rings. The summed E-state index contributed by atoms with van der Waals surface area (Å²) in [5.74, 6) is 0.411. The van der Waals surface area contributed by atoms with Crippen molar-refractivity contribution >= 4 is 21.8 Å². The molecule has 2 rings (SSSR count). The summed E-state index contributed by atoms with van der Waals surface area (Å²) in [5, 5.41) is 13.4. The van der Waals surface area contributed by atoms with Gasteiger partial charge in [0.2, 0.25) is 0 Å². The monoisotopic (exact) mass is 339 g/mol. The maximum Gasteiger partial charge on any atom is 0.251 e. The predicted molar refractivity (Wildman–Crippen MR) is 83.8 cm³/mol. The van der Waals surface area contributed by atoms with Crippen molar-refractivity contribution in [2.24, 2.45) is 5.92 Å². The lowest BCUT2D eigenvalue weighted by molar-refractivity contribution is -0.0109. The van der Waals surface area contributed by atoms with Gasteiger partial charge in [-0.05, 0) is 43.4 Å². The smallest absolute Gasteiger partial charge is 0.251 e. The Morgan fingerprint density at radius 3 is 3.00 bits per heavy atom. The third-order valence-electron chi connectivity index (χ3n) is 4.16. The molecule has 0 spiro atoms. The lowest BCUT2D eigenvalue weighted by Crippen LogP contribution is -2.45. The first kappa shape index (κ1) is 15.5. The fourth-order valence-corrected chi connectivity index (χ4v) is 3.35. The van der Waals surface area contributed by atoms with E-state index in [-0.39, 0.29) is 5.91 Å². The second kappa shape index (κ2) is 6.27. The van der Waals surface area contributed by atoms with Crippen molar-refractivity contribution in [2.45, 2.75) is 45.1 Å². The summed E-state index contributed by atoms with van der Waals surface area (Å²) >= 11 is 3.43. The molecule has 1 aliphatic carbocycles. The second-order valence-corrected chi connectivity index (χ2v) is 6.88. The largest absolute Gasteiger partial charge is 0.388 e. The minimum absolute atomic E-state index is 0.115. The van der Waals surface area contributed by atoms with Gasteiger partial charge in [0.25, 0.3) is 5.91 Å². The molecule has 2 atom stereocenters. The third-order valence-corrected chi connectivity index (χ3v) is 5.02. The molecule has 1 aromatic rings. The summed E-state index contributed by atoms with van der Waals surface area (Å²) in [5.41, 5.74) is 0.841. The van der Waals surface area contributed by atoms with Gasteiger partial charge in [0.1, 0.15) is 0 Å². The van der Waals surface area contributed by atoms with E-state index in [9.17, 15) is 9.90 Å². The highest BCUT2D eigenvalue weighted by Crippen LogP contribution is 2.31. The molecule has 1 saturated carbocycles. The number of benzene rings is 1. The van der Waals surface area contributed by atoms with E-state index in [0.29, 0.717) is 18.0 Å². The van der Waals surface area contributed by atoms with Crippen molar-refractivity contribution in [3.8, 4) is 0 Å². The van der Waals surface area contributed by atoms with Gasteiger partial charge in [-0.25, -0.2) is 0 Å². The van der Waals surface area contributed by atoms with Crippen molar-refractivity contribution < 1.29 is 9.90 Å². The Morgan fingerprint density at radius 1 is 1.55 bits per heavy atom. The molecular formula is C16H22BrNO2. The SMILES string of the molecule is Cc1c(Br)cccc1C(=O)NCC1(O)CCCC(C)C1. The Labute approximate surface area is 128 Å². The highest BCUT2D eigenvalue weighted by molar-refractivity contribution is 9.10. The highest BCUT2D eigenvalue weighted by atomic mass is 79.9. The third kappa shape index (κ3) is 3.61. The van der Waals surface area contributed by atoms with Gasteiger partial charge in [-0.3, -0.25) is 4.79 Å². The Balaban J connectivity index is 2.00. The Morgan fingerprint density at radius 2 is 2.30 bits per heavy atom. The molecule has 1 aromatic carbocycles. The van der Waals surface area contributed by atoms with E-state index in [2.05, 4.69) is 28.2 Å². The predicted octanol–water partition coefficient (Wildman–Crippen LogP) is 3.43. The molecule has 2 N–H and O–H groups in total. The van der Waals surface area contributed by atoms with Crippen LogP contribution >= 0.6 is 15.9 Å². The molecule has 1 amide bonds. The van der Waals surface area contributed by atoms with Crippen molar-refractivity contribution in [3.05, 3.63) is 33.8 Å². The molecule has 0 aromatic heterocycles. The molecule has 0 bridgehead atoms. The van der Waals surface area contributed by atoms with Gasteiger partial charge >= 0.3 is 0 Å². The van der Waals surface area contributed by atoms with Crippen LogP contribution in [0.3, 0.4) is 0 Å². The van der Waals surface area contributed by atoms with Crippen LogP contribution in [-0.4, -0.2) is 23.2 Å². The van der Waals surface area contributed by atoms with E-state index in [1.165, 1.54) is 6.42 Å². The van der Waals surface area contributed by atoms with E-state index in [4.69, 9.17) is 0 Å². The standard InChI is InChI=1S/C16H22BrNO2/c1-11-5-4-8-16(20,9-11)10-18-15(19)13-6-3-7-14(17)12(13)2/h3,6-7,11,20H,4-5,8-10H2,1-2H3,(H,18,19). The molecule has 1 fully saturated rings. The average Bonchev–Trinajstić information content (AvgIpc) is 2.39. The molecule has 0 aliphatic heterocycles. The first-order valence-corrected chi connectivity index (χ1v) is 7.96. The molecular weight excluding hydrogens is 318 g/mol. The summed E-state index contributed by atoms with van der Waals surface area (Å²) in [6.45, 7) is 4.41. The Bertz CT molecular complexity index is 503. The molecule has 4 heteroatoms. The fraction of sp³-hybridized carbons (Fsp3) is 0.562. The Hall–Kier alpha value is -0.870. The van der Waals surface area contributed by atoms with Gasteiger partial charge in [0, 0.05) is 16.6 Å². The molecule has 0 saturated heterocycles. The number of carbonyl (C=O) groups excluding carboxylic acids is 1. The van der Waals surface area contributed by atoms with Crippen LogP contribution in [0, 0.1) is 12.8 Å². The van der Waals surface area contributed by atoms with Gasteiger partial charge in [0.05, 0.1) is 5.60 Å². The maximum absolute atomic E-state index is 12.2. The first-order chi connectivity index (χ1) is 9.41. The minimum atomic E-state index is -0.743. The van der Waals surface area contributed by atoms with Crippen LogP contribution < -0.4 is 5.32 Å². The number of rotatable bonds is 3. The van der Waals surface area contributed by atoms with Gasteiger partial charge in [0.15, 0.2) is 0 Å². The number of halogens is 1. The van der Waals surface area contributed by atoms with Gasteiger partial charge in [-0.2, -0.15) is 0 Å². The van der Waals surface area contributed by atoms with Crippen LogP contribution in [0.15, 0.2) is 22.7 Å². The average molecular weight is 340 g/mol. The van der Waals surface area contributed by atoms with E-state index >= 15 is 0 Å². The minimum Gasteiger partial charge on any atom is -0.388 e. The zero-order chi connectivity index (χ0) is 14.8. The number of hydrogen-bond donors (Lipinski definition) is 2. The fourth-order valence-electron chi connectivity index (χ4n) is 2.99. The number of amides is 1. The Kier molecular flexibility index (Phi) is 4.86. The summed E-state index contributed by atoms with van der Waals surface area (Å²) in [7, 11) is 0. The zero-order valence-electron chi connectivity index (χ0n) is 12.1. The number of carbonyl (C=O) groups is 1. The quantitative estimate of drug-likeness (QED) is 0.886. The van der Waals surface area contributed by atoms with Crippen LogP contribution in [-0.2, 0) is 0 Å². The molecule has 0 heterocycles. The van der Waals surface area contributed by atoms with Crippen LogP contribution in [0.1, 0.15) is 48.5 Å². The summed E-state index contributed by atoms with van der Waals surface area (Å²) < 4.78 is 0.926. The van der Waals surface area contributed by atoms with Crippen molar-refractivity contribution in [1.82, 2.24) is 5.32 Å². The number of hydrogen-bond acceptors (Lipinski definition) is 2. The van der Waals surface area contributed by atoms with E-state index in [0.717, 1.165) is 29.3 Å². The summed E-state index contributed by atoms with van der Waals surface area (Å²) in [6.07, 6.45) is 3.74. The molecule has 0 radical (unpaired) electrons. The van der Waals surface area contributed by atoms with E-state index < -0.39 is 5.60 Å². The van der Waals surface area contributed by atoms with E-state index in [1.54, 1.807) is 0 Å². The topological polar surface area (TPSA) is 49.3 Å². The van der Waals surface area contributed by atoms with Gasteiger partial charge < -0.3 is 10.4 Å². The van der Waals surface area contributed by atoms with Gasteiger partial charge in [-0.1, -0.05) is 41.8 Å². The lowest BCUT2D eigenvalue weighted by Gasteiger charge is -2.35.